The predicted molar refractivity (Wildman–Crippen MR) is 91.2 cm³/mol. The lowest BCUT2D eigenvalue weighted by atomic mass is 10.1. The number of halogens is 1. The molecule has 1 aromatic heterocycles. The van der Waals surface area contributed by atoms with Gasteiger partial charge in [0.05, 0.1) is 6.54 Å². The molecule has 1 aromatic carbocycles. The van der Waals surface area contributed by atoms with Crippen molar-refractivity contribution in [3.63, 3.8) is 0 Å². The van der Waals surface area contributed by atoms with Crippen molar-refractivity contribution >= 4 is 50.2 Å². The molecule has 100 valence electrons. The molecule has 0 atom stereocenters. The molecule has 0 saturated carbocycles. The fraction of sp³-hybridized carbons (Fsp3) is 0.214. The predicted octanol–water partition coefficient (Wildman–Crippen LogP) is 4.09. The van der Waals surface area contributed by atoms with Crippen LogP contribution >= 0.6 is 39.5 Å². The summed E-state index contributed by atoms with van der Waals surface area (Å²) < 4.78 is 1.14. The van der Waals surface area contributed by atoms with E-state index < -0.39 is 0 Å². The second-order valence-electron chi connectivity index (χ2n) is 4.45. The topological polar surface area (TPSA) is 29.3 Å². The molecule has 2 nitrogen and oxygen atoms in total. The van der Waals surface area contributed by atoms with Crippen LogP contribution in [0.5, 0.6) is 0 Å². The minimum Gasteiger partial charge on any atom is -0.389 e. The van der Waals surface area contributed by atoms with Crippen molar-refractivity contribution in [3.05, 3.63) is 50.1 Å². The van der Waals surface area contributed by atoms with E-state index in [0.29, 0.717) is 4.99 Å². The second kappa shape index (κ2) is 6.03. The number of anilines is 1. The molecular weight excluding hydrogens is 340 g/mol. The molecule has 0 aliphatic heterocycles. The smallest absolute Gasteiger partial charge is 0.104 e. The molecular formula is C14H15BrN2S2. The Hall–Kier alpha value is -0.910. The Bertz CT molecular complexity index is 607. The van der Waals surface area contributed by atoms with E-state index in [4.69, 9.17) is 18.0 Å². The van der Waals surface area contributed by atoms with Crippen LogP contribution in [0.15, 0.2) is 34.1 Å². The molecule has 2 aromatic rings. The molecule has 0 radical (unpaired) electrons. The lowest BCUT2D eigenvalue weighted by Gasteiger charge is -2.19. The third-order valence-electron chi connectivity index (χ3n) is 2.93. The van der Waals surface area contributed by atoms with Crippen molar-refractivity contribution < 1.29 is 0 Å². The Balaban J connectivity index is 2.17. The van der Waals surface area contributed by atoms with E-state index in [0.717, 1.165) is 22.1 Å². The summed E-state index contributed by atoms with van der Waals surface area (Å²) >= 11 is 10.3. The van der Waals surface area contributed by atoms with E-state index in [1.807, 2.05) is 13.0 Å². The van der Waals surface area contributed by atoms with Gasteiger partial charge in [0, 0.05) is 33.0 Å². The van der Waals surface area contributed by atoms with Crippen LogP contribution < -0.4 is 10.6 Å². The van der Waals surface area contributed by atoms with E-state index in [1.165, 1.54) is 10.6 Å². The zero-order valence-electron chi connectivity index (χ0n) is 10.8. The normalized spacial score (nSPS) is 10.5. The summed E-state index contributed by atoms with van der Waals surface area (Å²) in [5, 5.41) is 2.10. The molecule has 5 heteroatoms. The Labute approximate surface area is 131 Å². The first-order valence-corrected chi connectivity index (χ1v) is 7.90. The van der Waals surface area contributed by atoms with Gasteiger partial charge in [0.1, 0.15) is 4.99 Å². The van der Waals surface area contributed by atoms with Crippen LogP contribution in [0, 0.1) is 6.92 Å². The van der Waals surface area contributed by atoms with Gasteiger partial charge in [-0.25, -0.2) is 0 Å². The third kappa shape index (κ3) is 3.55. The molecule has 0 bridgehead atoms. The van der Waals surface area contributed by atoms with Crippen LogP contribution in [0.25, 0.3) is 0 Å². The van der Waals surface area contributed by atoms with Crippen molar-refractivity contribution in [3.8, 4) is 0 Å². The number of rotatable bonds is 4. The van der Waals surface area contributed by atoms with Gasteiger partial charge in [-0.2, -0.15) is 0 Å². The standard InChI is InChI=1S/C14H15BrN2S2/c1-9-5-11(3-4-13(9)14(16)18)17(2)7-12-6-10(15)8-19-12/h3-6,8H,7H2,1-2H3,(H2,16,18). The number of aryl methyl sites for hydroxylation is 1. The second-order valence-corrected chi connectivity index (χ2v) is 6.80. The summed E-state index contributed by atoms with van der Waals surface area (Å²) in [7, 11) is 2.09. The van der Waals surface area contributed by atoms with Crippen LogP contribution in [-0.2, 0) is 6.54 Å². The first-order valence-electron chi connectivity index (χ1n) is 5.82. The van der Waals surface area contributed by atoms with Crippen LogP contribution in [0.1, 0.15) is 16.0 Å². The van der Waals surface area contributed by atoms with E-state index in [1.54, 1.807) is 11.3 Å². The number of nitrogens with two attached hydrogens (primary N) is 1. The van der Waals surface area contributed by atoms with Crippen molar-refractivity contribution in [1.82, 2.24) is 0 Å². The van der Waals surface area contributed by atoms with Crippen molar-refractivity contribution in [2.24, 2.45) is 5.73 Å². The van der Waals surface area contributed by atoms with Crippen molar-refractivity contribution in [2.75, 3.05) is 11.9 Å². The zero-order valence-corrected chi connectivity index (χ0v) is 14.0. The zero-order chi connectivity index (χ0) is 14.0. The summed E-state index contributed by atoms with van der Waals surface area (Å²) in [6, 6.07) is 8.33. The van der Waals surface area contributed by atoms with Gasteiger partial charge in [-0.3, -0.25) is 0 Å². The highest BCUT2D eigenvalue weighted by molar-refractivity contribution is 9.10. The molecule has 0 unspecified atom stereocenters. The Morgan fingerprint density at radius 3 is 2.68 bits per heavy atom. The maximum atomic E-state index is 5.68. The molecule has 19 heavy (non-hydrogen) atoms. The highest BCUT2D eigenvalue weighted by atomic mass is 79.9. The molecule has 0 fully saturated rings. The molecule has 0 spiro atoms. The summed E-state index contributed by atoms with van der Waals surface area (Å²) in [6.07, 6.45) is 0. The number of thiophene rings is 1. The van der Waals surface area contributed by atoms with E-state index in [2.05, 4.69) is 51.5 Å². The van der Waals surface area contributed by atoms with E-state index >= 15 is 0 Å². The van der Waals surface area contributed by atoms with Gasteiger partial charge < -0.3 is 10.6 Å². The number of thiocarbonyl (C=S) groups is 1. The van der Waals surface area contributed by atoms with Crippen LogP contribution in [0.2, 0.25) is 0 Å². The molecule has 0 saturated heterocycles. The quantitative estimate of drug-likeness (QED) is 0.838. The van der Waals surface area contributed by atoms with Crippen molar-refractivity contribution in [2.45, 2.75) is 13.5 Å². The Morgan fingerprint density at radius 2 is 2.16 bits per heavy atom. The van der Waals surface area contributed by atoms with Crippen LogP contribution in [0.3, 0.4) is 0 Å². The maximum Gasteiger partial charge on any atom is 0.104 e. The Kier molecular flexibility index (Phi) is 4.60. The highest BCUT2D eigenvalue weighted by Gasteiger charge is 2.07. The lowest BCUT2D eigenvalue weighted by molar-refractivity contribution is 0.938. The van der Waals surface area contributed by atoms with Gasteiger partial charge in [-0.1, -0.05) is 12.2 Å². The third-order valence-corrected chi connectivity index (χ3v) is 4.83. The van der Waals surface area contributed by atoms with E-state index in [-0.39, 0.29) is 0 Å². The van der Waals surface area contributed by atoms with Gasteiger partial charge in [0.25, 0.3) is 0 Å². The number of benzene rings is 1. The molecule has 2 N–H and O–H groups in total. The summed E-state index contributed by atoms with van der Waals surface area (Å²) in [5.74, 6) is 0. The average molecular weight is 355 g/mol. The first kappa shape index (κ1) is 14.5. The summed E-state index contributed by atoms with van der Waals surface area (Å²) in [6.45, 7) is 2.93. The van der Waals surface area contributed by atoms with Gasteiger partial charge in [0.15, 0.2) is 0 Å². The largest absolute Gasteiger partial charge is 0.389 e. The number of hydrogen-bond donors (Lipinski definition) is 1. The molecule has 0 amide bonds. The average Bonchev–Trinajstić information content (AvgIpc) is 2.74. The molecule has 1 heterocycles. The minimum atomic E-state index is 0.453. The Morgan fingerprint density at radius 1 is 1.42 bits per heavy atom. The van der Waals surface area contributed by atoms with Crippen molar-refractivity contribution in [1.29, 1.82) is 0 Å². The summed E-state index contributed by atoms with van der Waals surface area (Å²) in [4.78, 5) is 3.99. The number of nitrogens with zero attached hydrogens (tertiary/aromatic N) is 1. The maximum absolute atomic E-state index is 5.68. The van der Waals surface area contributed by atoms with Gasteiger partial charge >= 0.3 is 0 Å². The lowest BCUT2D eigenvalue weighted by Crippen LogP contribution is -2.17. The number of hydrogen-bond acceptors (Lipinski definition) is 3. The fourth-order valence-corrected chi connectivity index (χ4v) is 3.66. The van der Waals surface area contributed by atoms with Gasteiger partial charge in [-0.15, -0.1) is 11.3 Å². The van der Waals surface area contributed by atoms with E-state index in [9.17, 15) is 0 Å². The monoisotopic (exact) mass is 354 g/mol. The van der Waals surface area contributed by atoms with Crippen LogP contribution in [0.4, 0.5) is 5.69 Å². The molecule has 0 aliphatic carbocycles. The fourth-order valence-electron chi connectivity index (χ4n) is 1.92. The van der Waals surface area contributed by atoms with Crippen LogP contribution in [-0.4, -0.2) is 12.0 Å². The highest BCUT2D eigenvalue weighted by Crippen LogP contribution is 2.24. The minimum absolute atomic E-state index is 0.453. The van der Waals surface area contributed by atoms with Gasteiger partial charge in [0.2, 0.25) is 0 Å². The molecule has 0 aliphatic rings. The van der Waals surface area contributed by atoms with Gasteiger partial charge in [-0.05, 0) is 52.7 Å². The molecule has 2 rings (SSSR count). The summed E-state index contributed by atoms with van der Waals surface area (Å²) in [5.41, 5.74) is 8.91. The first-order chi connectivity index (χ1) is 8.97. The SMILES string of the molecule is Cc1cc(N(C)Cc2cc(Br)cs2)ccc1C(N)=S.